The maximum Gasteiger partial charge on any atom is 0.328 e. The van der Waals surface area contributed by atoms with E-state index in [1.54, 1.807) is 18.5 Å². The molecule has 0 fully saturated rings. The van der Waals surface area contributed by atoms with Crippen LogP contribution in [0.3, 0.4) is 0 Å². The lowest BCUT2D eigenvalue weighted by Gasteiger charge is -2.27. The molecule has 0 spiro atoms. The number of para-hydroxylation sites is 1. The molecule has 2 aliphatic heterocycles. The van der Waals surface area contributed by atoms with Crippen LogP contribution in [-0.4, -0.2) is 31.5 Å². The summed E-state index contributed by atoms with van der Waals surface area (Å²) in [6.07, 6.45) is 2.15. The molecule has 0 bridgehead atoms. The van der Waals surface area contributed by atoms with Crippen LogP contribution >= 0.6 is 11.6 Å². The smallest absolute Gasteiger partial charge is 0.328 e. The average molecular weight is 502 g/mol. The number of aromatic nitrogens is 4. The van der Waals surface area contributed by atoms with Crippen molar-refractivity contribution in [3.05, 3.63) is 93.7 Å². The van der Waals surface area contributed by atoms with Gasteiger partial charge in [0.2, 0.25) is 0 Å². The van der Waals surface area contributed by atoms with Crippen LogP contribution in [0, 0.1) is 5.82 Å². The van der Waals surface area contributed by atoms with Gasteiger partial charge < -0.3 is 9.72 Å². The van der Waals surface area contributed by atoms with Gasteiger partial charge in [0.25, 0.3) is 0 Å². The normalized spacial score (nSPS) is 16.9. The second kappa shape index (κ2) is 8.22. The molecule has 0 amide bonds. The Labute approximate surface area is 210 Å². The van der Waals surface area contributed by atoms with Gasteiger partial charge >= 0.3 is 5.69 Å². The summed E-state index contributed by atoms with van der Waals surface area (Å²) in [5.41, 5.74) is 7.87. The Morgan fingerprint density at radius 2 is 2.17 bits per heavy atom. The van der Waals surface area contributed by atoms with Gasteiger partial charge in [0.15, 0.2) is 23.2 Å². The topological polar surface area (TPSA) is 77.2 Å². The molecule has 0 aliphatic carbocycles. The van der Waals surface area contributed by atoms with Gasteiger partial charge in [-0.25, -0.2) is 19.2 Å². The molecule has 2 aromatic heterocycles. The van der Waals surface area contributed by atoms with Crippen LogP contribution in [0.4, 0.5) is 10.2 Å². The van der Waals surface area contributed by atoms with Crippen molar-refractivity contribution in [2.45, 2.75) is 26.3 Å². The summed E-state index contributed by atoms with van der Waals surface area (Å²) >= 11 is 6.61. The Morgan fingerprint density at radius 3 is 2.97 bits per heavy atom. The van der Waals surface area contributed by atoms with Gasteiger partial charge in [-0.3, -0.25) is 9.13 Å². The third-order valence-corrected chi connectivity index (χ3v) is 6.82. The number of allylic oxidation sites excluding steroid dienone is 2. The van der Waals surface area contributed by atoms with E-state index < -0.39 is 17.5 Å². The molecule has 2 aromatic carbocycles. The number of nitrogens with zero attached hydrogens (tertiary/aromatic N) is 4. The van der Waals surface area contributed by atoms with Gasteiger partial charge in [0.1, 0.15) is 17.1 Å². The Hall–Kier alpha value is -4.13. The quantitative estimate of drug-likeness (QED) is 0.353. The first-order valence-corrected chi connectivity index (χ1v) is 11.8. The molecule has 0 saturated carbocycles. The predicted octanol–water partition coefficient (Wildman–Crippen LogP) is 5.79. The number of benzene rings is 2. The van der Waals surface area contributed by atoms with Crippen LogP contribution in [0.5, 0.6) is 5.75 Å². The van der Waals surface area contributed by atoms with E-state index in [0.29, 0.717) is 34.9 Å². The third-order valence-electron chi connectivity index (χ3n) is 6.54. The fraction of sp³-hybridized carbons (Fsp3) is 0.185. The van der Waals surface area contributed by atoms with E-state index in [1.165, 1.54) is 10.6 Å². The number of H-pyrrole nitrogens is 1. The summed E-state index contributed by atoms with van der Waals surface area (Å²) in [4.78, 5) is 25.5. The lowest BCUT2D eigenvalue weighted by atomic mass is 10.00. The van der Waals surface area contributed by atoms with Gasteiger partial charge in [0.05, 0.1) is 23.7 Å². The number of ether oxygens (including phenoxy) is 1. The molecular formula is C27H21ClFN5O2. The van der Waals surface area contributed by atoms with Gasteiger partial charge in [0, 0.05) is 17.6 Å². The number of aliphatic imine (C=N–C) groups is 1. The minimum atomic E-state index is -0.487. The molecule has 6 rings (SSSR count). The van der Waals surface area contributed by atoms with Crippen LogP contribution in [0.1, 0.15) is 43.1 Å². The van der Waals surface area contributed by atoms with Crippen molar-refractivity contribution in [2.75, 3.05) is 6.61 Å². The molecule has 7 nitrogen and oxygen atoms in total. The molecule has 1 unspecified atom stereocenters. The Morgan fingerprint density at radius 1 is 1.33 bits per heavy atom. The molecule has 4 heterocycles. The highest BCUT2D eigenvalue weighted by molar-refractivity contribution is 6.49. The number of hydrogen-bond donors (Lipinski definition) is 1. The Bertz CT molecular complexity index is 1750. The number of hydrogen-bond acceptors (Lipinski definition) is 4. The van der Waals surface area contributed by atoms with Gasteiger partial charge in [-0.2, -0.15) is 0 Å². The highest BCUT2D eigenvalue weighted by Gasteiger charge is 2.31. The van der Waals surface area contributed by atoms with Crippen molar-refractivity contribution in [1.29, 1.82) is 0 Å². The van der Waals surface area contributed by atoms with E-state index in [9.17, 15) is 9.18 Å². The zero-order chi connectivity index (χ0) is 25.1. The van der Waals surface area contributed by atoms with Crippen LogP contribution in [-0.2, 0) is 0 Å². The Kier molecular flexibility index (Phi) is 5.10. The zero-order valence-corrected chi connectivity index (χ0v) is 20.4. The molecule has 1 N–H and O–H groups in total. The van der Waals surface area contributed by atoms with E-state index in [4.69, 9.17) is 21.3 Å². The van der Waals surface area contributed by atoms with Crippen molar-refractivity contribution >= 4 is 44.9 Å². The maximum absolute atomic E-state index is 14.5. The summed E-state index contributed by atoms with van der Waals surface area (Å²) < 4.78 is 23.4. The summed E-state index contributed by atoms with van der Waals surface area (Å²) in [6, 6.07) is 10.1. The molecule has 36 heavy (non-hydrogen) atoms. The summed E-state index contributed by atoms with van der Waals surface area (Å²) in [5.74, 6) is 0.541. The van der Waals surface area contributed by atoms with E-state index in [-0.39, 0.29) is 17.4 Å². The minimum Gasteiger partial charge on any atom is -0.490 e. The first-order valence-electron chi connectivity index (χ1n) is 11.4. The monoisotopic (exact) mass is 501 g/mol. The van der Waals surface area contributed by atoms with E-state index >= 15 is 0 Å². The van der Waals surface area contributed by atoms with Crippen molar-refractivity contribution in [1.82, 2.24) is 19.1 Å². The van der Waals surface area contributed by atoms with E-state index in [2.05, 4.69) is 22.3 Å². The van der Waals surface area contributed by atoms with Crippen molar-refractivity contribution < 1.29 is 9.13 Å². The molecule has 180 valence electrons. The number of aromatic amines is 1. The fourth-order valence-electron chi connectivity index (χ4n) is 4.77. The molecule has 2 aliphatic rings. The number of rotatable bonds is 2. The lowest BCUT2D eigenvalue weighted by molar-refractivity contribution is 0.243. The average Bonchev–Trinajstić information content (AvgIpc) is 3.39. The molecule has 0 saturated heterocycles. The summed E-state index contributed by atoms with van der Waals surface area (Å²) in [7, 11) is 0. The molecular weight excluding hydrogens is 481 g/mol. The minimum absolute atomic E-state index is 0.150. The third kappa shape index (κ3) is 3.38. The van der Waals surface area contributed by atoms with Crippen molar-refractivity contribution in [3.63, 3.8) is 0 Å². The maximum atomic E-state index is 14.5. The van der Waals surface area contributed by atoms with Crippen molar-refractivity contribution in [2.24, 2.45) is 4.99 Å². The molecule has 9 heteroatoms. The number of nitrogens with one attached hydrogen (secondary N) is 1. The second-order valence-corrected chi connectivity index (χ2v) is 9.29. The second-order valence-electron chi connectivity index (χ2n) is 8.91. The van der Waals surface area contributed by atoms with Gasteiger partial charge in [-0.15, -0.1) is 0 Å². The van der Waals surface area contributed by atoms with Crippen LogP contribution in [0.15, 0.2) is 70.4 Å². The SMILES string of the molecule is C=C(C)c1ccc2ncn(C3=Nc4c([nH]c(=O)n4C4CCOc5c(F)cccc54)C(Cl)=C=C3C)c2c1. The van der Waals surface area contributed by atoms with Gasteiger partial charge in [-0.1, -0.05) is 47.7 Å². The molecule has 4 aromatic rings. The molecule has 1 atom stereocenters. The first-order chi connectivity index (χ1) is 17.3. The number of imidazole rings is 2. The van der Waals surface area contributed by atoms with E-state index in [1.807, 2.05) is 36.6 Å². The van der Waals surface area contributed by atoms with Crippen LogP contribution < -0.4 is 10.4 Å². The number of halogens is 2. The van der Waals surface area contributed by atoms with Crippen LogP contribution in [0.25, 0.3) is 21.6 Å². The first kappa shape index (κ1) is 22.3. The van der Waals surface area contributed by atoms with Gasteiger partial charge in [-0.05, 0) is 37.6 Å². The highest BCUT2D eigenvalue weighted by atomic mass is 35.5. The summed E-state index contributed by atoms with van der Waals surface area (Å²) in [6.45, 7) is 8.10. The van der Waals surface area contributed by atoms with Crippen molar-refractivity contribution in [3.8, 4) is 5.75 Å². The lowest BCUT2D eigenvalue weighted by Crippen LogP contribution is -2.28. The summed E-state index contributed by atoms with van der Waals surface area (Å²) in [5, 5.41) is 0.232. The predicted molar refractivity (Wildman–Crippen MR) is 139 cm³/mol. The number of fused-ring (bicyclic) bond motifs is 3. The van der Waals surface area contributed by atoms with E-state index in [0.717, 1.165) is 22.2 Å². The standard InChI is InChI=1S/C27H21ClFN5O2/c1-14(2)16-7-8-20-22(12-16)33(13-30-20)25-15(3)11-18(28)23-26(32-25)34(27(35)31-23)21-9-10-36-24-17(21)5-4-6-19(24)29/h4-8,12-13,21H,1,9-10H2,2-3H3,(H,31,35). The fourth-order valence-corrected chi connectivity index (χ4v) is 5.05. The highest BCUT2D eigenvalue weighted by Crippen LogP contribution is 2.40. The Balaban J connectivity index is 1.60. The van der Waals surface area contributed by atoms with Crippen LogP contribution in [0.2, 0.25) is 0 Å². The zero-order valence-electron chi connectivity index (χ0n) is 19.6. The largest absolute Gasteiger partial charge is 0.490 e. The molecule has 0 radical (unpaired) electrons.